The molecular weight excluding hydrogens is 132 g/mol. The molecule has 0 aromatic heterocycles. The molecule has 0 aromatic rings. The van der Waals surface area contributed by atoms with Gasteiger partial charge >= 0.3 is 0 Å². The summed E-state index contributed by atoms with van der Waals surface area (Å²) in [6.45, 7) is 6.57. The minimum Gasteiger partial charge on any atom is -0.288 e. The number of hydrogen-bond donors (Lipinski definition) is 2. The predicted molar refractivity (Wildman–Crippen MR) is 37.8 cm³/mol. The maximum Gasteiger partial charge on any atom is 0.267 e. The maximum absolute atomic E-state index is 10.3. The van der Waals surface area contributed by atoms with Gasteiger partial charge in [-0.3, -0.25) is 15.0 Å². The van der Waals surface area contributed by atoms with Crippen molar-refractivity contribution < 1.29 is 10.0 Å². The first-order valence-corrected chi connectivity index (χ1v) is 2.48. The Hall–Kier alpha value is -1.42. The van der Waals surface area contributed by atoms with E-state index in [2.05, 4.69) is 18.3 Å². The largest absolute Gasteiger partial charge is 0.288 e. The number of nitrogens with zero attached hydrogens (tertiary/aromatic N) is 1. The van der Waals surface area contributed by atoms with E-state index in [0.29, 0.717) is 5.70 Å². The smallest absolute Gasteiger partial charge is 0.267 e. The Balaban J connectivity index is 3.87. The van der Waals surface area contributed by atoms with E-state index in [1.807, 2.05) is 0 Å². The summed E-state index contributed by atoms with van der Waals surface area (Å²) < 4.78 is 0. The topological polar surface area (TPSA) is 61.7 Å². The highest BCUT2D eigenvalue weighted by molar-refractivity contribution is 5.86. The van der Waals surface area contributed by atoms with Crippen molar-refractivity contribution in [2.24, 2.45) is 4.99 Å². The third-order valence-electron chi connectivity index (χ3n) is 0.740. The van der Waals surface area contributed by atoms with Crippen molar-refractivity contribution in [3.63, 3.8) is 0 Å². The number of aliphatic imine (C=N–C) groups is 1. The van der Waals surface area contributed by atoms with Crippen LogP contribution in [0.5, 0.6) is 0 Å². The van der Waals surface area contributed by atoms with Crippen LogP contribution in [-0.4, -0.2) is 17.8 Å². The molecule has 0 saturated heterocycles. The summed E-state index contributed by atoms with van der Waals surface area (Å²) in [6, 6.07) is 0. The molecule has 0 heterocycles. The molecule has 0 aliphatic carbocycles. The first kappa shape index (κ1) is 8.58. The lowest BCUT2D eigenvalue weighted by Crippen LogP contribution is -2.14. The normalized spacial score (nSPS) is 9.30. The average molecular weight is 140 g/mol. The lowest BCUT2D eigenvalue weighted by molar-refractivity contribution is -0.124. The molecule has 0 rings (SSSR count). The van der Waals surface area contributed by atoms with Crippen molar-refractivity contribution in [1.82, 2.24) is 5.48 Å². The van der Waals surface area contributed by atoms with Crippen molar-refractivity contribution in [3.05, 3.63) is 24.4 Å². The van der Waals surface area contributed by atoms with Crippen LogP contribution in [0.25, 0.3) is 0 Å². The zero-order valence-electron chi connectivity index (χ0n) is 5.37. The van der Waals surface area contributed by atoms with Gasteiger partial charge in [-0.05, 0) is 12.8 Å². The molecule has 0 fully saturated rings. The summed E-state index contributed by atoms with van der Waals surface area (Å²) >= 11 is 0. The maximum atomic E-state index is 10.3. The van der Waals surface area contributed by atoms with Crippen LogP contribution in [0, 0.1) is 0 Å². The number of amides is 1. The summed E-state index contributed by atoms with van der Waals surface area (Å²) in [5, 5.41) is 7.99. The molecule has 4 nitrogen and oxygen atoms in total. The van der Waals surface area contributed by atoms with Crippen LogP contribution < -0.4 is 5.48 Å². The molecule has 0 aromatic carbocycles. The first-order valence-electron chi connectivity index (χ1n) is 2.48. The third-order valence-corrected chi connectivity index (χ3v) is 0.740. The van der Waals surface area contributed by atoms with Gasteiger partial charge < -0.3 is 0 Å². The fraction of sp³-hybridized carbons (Fsp3) is 0. The van der Waals surface area contributed by atoms with Crippen LogP contribution in [0.1, 0.15) is 0 Å². The molecule has 10 heavy (non-hydrogen) atoms. The van der Waals surface area contributed by atoms with Crippen molar-refractivity contribution in [2.75, 3.05) is 0 Å². The van der Waals surface area contributed by atoms with Crippen molar-refractivity contribution >= 4 is 12.6 Å². The number of carbonyl (C=O) groups is 1. The number of rotatable bonds is 3. The van der Waals surface area contributed by atoms with Gasteiger partial charge in [0.1, 0.15) is 0 Å². The van der Waals surface area contributed by atoms with Gasteiger partial charge in [-0.2, -0.15) is 0 Å². The first-order chi connectivity index (χ1) is 4.70. The number of hydroxylamine groups is 1. The molecule has 0 atom stereocenters. The van der Waals surface area contributed by atoms with Gasteiger partial charge in [-0.1, -0.05) is 6.58 Å². The minimum absolute atomic E-state index is 0.364. The lowest BCUT2D eigenvalue weighted by Gasteiger charge is -1.87. The molecule has 0 bridgehead atoms. The molecular formula is C6H8N2O2. The highest BCUT2D eigenvalue weighted by Gasteiger charge is 1.87. The molecule has 1 amide bonds. The standard InChI is InChI=1S/C6H8N2O2/c1-5(7-2)3-4-6(9)8-10/h3-4,10H,1-2H2,(H,8,9). The van der Waals surface area contributed by atoms with Gasteiger partial charge in [-0.15, -0.1) is 0 Å². The predicted octanol–water partition coefficient (Wildman–Crippen LogP) is 0.262. The van der Waals surface area contributed by atoms with Gasteiger partial charge in [0.2, 0.25) is 0 Å². The van der Waals surface area contributed by atoms with Crippen LogP contribution in [0.2, 0.25) is 0 Å². The zero-order valence-corrected chi connectivity index (χ0v) is 5.37. The van der Waals surface area contributed by atoms with Gasteiger partial charge in [0, 0.05) is 6.08 Å². The number of allylic oxidation sites excluding steroid dienone is 1. The molecule has 0 aliphatic rings. The van der Waals surface area contributed by atoms with Crippen LogP contribution in [-0.2, 0) is 4.79 Å². The van der Waals surface area contributed by atoms with Crippen LogP contribution in [0.4, 0.5) is 0 Å². The minimum atomic E-state index is -0.621. The Bertz CT molecular complexity index is 184. The number of carbonyl (C=O) groups excluding carboxylic acids is 1. The molecule has 0 saturated carbocycles. The highest BCUT2D eigenvalue weighted by Crippen LogP contribution is 1.90. The van der Waals surface area contributed by atoms with Crippen molar-refractivity contribution in [3.8, 4) is 0 Å². The Morgan fingerprint density at radius 2 is 2.20 bits per heavy atom. The Morgan fingerprint density at radius 1 is 1.60 bits per heavy atom. The lowest BCUT2D eigenvalue weighted by atomic mass is 10.4. The second kappa shape index (κ2) is 4.46. The van der Waals surface area contributed by atoms with Crippen molar-refractivity contribution in [2.45, 2.75) is 0 Å². The van der Waals surface area contributed by atoms with E-state index >= 15 is 0 Å². The summed E-state index contributed by atoms with van der Waals surface area (Å²) in [7, 11) is 0. The summed E-state index contributed by atoms with van der Waals surface area (Å²) in [4.78, 5) is 13.7. The number of hydrogen-bond acceptors (Lipinski definition) is 3. The molecule has 0 radical (unpaired) electrons. The second-order valence-electron chi connectivity index (χ2n) is 1.46. The molecule has 0 unspecified atom stereocenters. The van der Waals surface area contributed by atoms with Gasteiger partial charge in [-0.25, -0.2) is 5.48 Å². The van der Waals surface area contributed by atoms with E-state index in [9.17, 15) is 4.79 Å². The Kier molecular flexibility index (Phi) is 3.83. The summed E-state index contributed by atoms with van der Waals surface area (Å²) in [5.74, 6) is -0.621. The fourth-order valence-corrected chi connectivity index (χ4v) is 0.262. The molecule has 0 spiro atoms. The van der Waals surface area contributed by atoms with E-state index in [1.54, 1.807) is 0 Å². The zero-order chi connectivity index (χ0) is 7.98. The van der Waals surface area contributed by atoms with E-state index in [0.717, 1.165) is 6.08 Å². The monoisotopic (exact) mass is 140 g/mol. The summed E-state index contributed by atoms with van der Waals surface area (Å²) in [5.41, 5.74) is 1.78. The second-order valence-corrected chi connectivity index (χ2v) is 1.46. The quantitative estimate of drug-likeness (QED) is 0.194. The molecule has 54 valence electrons. The van der Waals surface area contributed by atoms with E-state index in [4.69, 9.17) is 5.21 Å². The molecule has 4 heteroatoms. The van der Waals surface area contributed by atoms with Crippen LogP contribution in [0.15, 0.2) is 29.4 Å². The van der Waals surface area contributed by atoms with Gasteiger partial charge in [0.05, 0.1) is 5.70 Å². The molecule has 2 N–H and O–H groups in total. The number of nitrogens with one attached hydrogen (secondary N) is 1. The Morgan fingerprint density at radius 3 is 2.60 bits per heavy atom. The van der Waals surface area contributed by atoms with E-state index in [1.165, 1.54) is 11.6 Å². The molecule has 0 aliphatic heterocycles. The average Bonchev–Trinajstić information content (AvgIpc) is 1.99. The van der Waals surface area contributed by atoms with Gasteiger partial charge in [0.15, 0.2) is 0 Å². The third kappa shape index (κ3) is 3.57. The summed E-state index contributed by atoms with van der Waals surface area (Å²) in [6.07, 6.45) is 2.43. The van der Waals surface area contributed by atoms with Gasteiger partial charge in [0.25, 0.3) is 5.91 Å². The fourth-order valence-electron chi connectivity index (χ4n) is 0.262. The van der Waals surface area contributed by atoms with Crippen molar-refractivity contribution in [1.29, 1.82) is 0 Å². The highest BCUT2D eigenvalue weighted by atomic mass is 16.5. The van der Waals surface area contributed by atoms with E-state index in [-0.39, 0.29) is 0 Å². The Labute approximate surface area is 58.5 Å². The van der Waals surface area contributed by atoms with E-state index < -0.39 is 5.91 Å². The van der Waals surface area contributed by atoms with Crippen LogP contribution in [0.3, 0.4) is 0 Å². The van der Waals surface area contributed by atoms with Crippen LogP contribution >= 0.6 is 0 Å². The SMILES string of the molecule is C=NC(=C)C=CC(=O)NO.